The zero-order valence-electron chi connectivity index (χ0n) is 10.2. The van der Waals surface area contributed by atoms with E-state index in [0.717, 1.165) is 11.3 Å². The van der Waals surface area contributed by atoms with Crippen LogP contribution < -0.4 is 10.1 Å². The highest BCUT2D eigenvalue weighted by atomic mass is 35.5. The van der Waals surface area contributed by atoms with Gasteiger partial charge in [-0.05, 0) is 41.8 Å². The number of anilines is 1. The van der Waals surface area contributed by atoms with Crippen LogP contribution in [0.3, 0.4) is 0 Å². The predicted octanol–water partition coefficient (Wildman–Crippen LogP) is 3.46. The normalized spacial score (nSPS) is 13.6. The summed E-state index contributed by atoms with van der Waals surface area (Å²) in [6.07, 6.45) is 2.53. The lowest BCUT2D eigenvalue weighted by Gasteiger charge is -2.17. The largest absolute Gasteiger partial charge is 0.437 e. The quantitative estimate of drug-likeness (QED) is 0.863. The lowest BCUT2D eigenvalue weighted by molar-refractivity contribution is -0.116. The number of aromatic nitrogens is 2. The summed E-state index contributed by atoms with van der Waals surface area (Å²) in [7, 11) is 0. The molecule has 0 radical (unpaired) electrons. The van der Waals surface area contributed by atoms with Gasteiger partial charge in [0, 0.05) is 12.1 Å². The Kier molecular flexibility index (Phi) is 3.46. The molecule has 2 aromatic rings. The molecule has 102 valence electrons. The molecule has 2 heterocycles. The second-order valence-corrected chi connectivity index (χ2v) is 5.01. The molecule has 0 bridgehead atoms. The van der Waals surface area contributed by atoms with E-state index in [1.807, 2.05) is 6.07 Å². The molecule has 20 heavy (non-hydrogen) atoms. The second kappa shape index (κ2) is 5.26. The average Bonchev–Trinajstić information content (AvgIpc) is 2.43. The smallest absolute Gasteiger partial charge is 0.242 e. The van der Waals surface area contributed by atoms with Gasteiger partial charge in [0.05, 0.1) is 6.20 Å². The molecule has 1 aliphatic rings. The fraction of sp³-hybridized carbons (Fsp3) is 0.154. The van der Waals surface area contributed by atoms with Crippen LogP contribution in [-0.2, 0) is 11.2 Å². The number of fused-ring (bicyclic) bond motifs is 1. The van der Waals surface area contributed by atoms with Crippen LogP contribution in [0, 0.1) is 0 Å². The summed E-state index contributed by atoms with van der Waals surface area (Å²) in [6, 6.07) is 5.37. The molecule has 1 aromatic heterocycles. The van der Waals surface area contributed by atoms with Gasteiger partial charge in [0.1, 0.15) is 10.8 Å². The highest BCUT2D eigenvalue weighted by molar-refractivity contribution is 6.32. The Morgan fingerprint density at radius 2 is 2.10 bits per heavy atom. The van der Waals surface area contributed by atoms with Crippen molar-refractivity contribution in [3.63, 3.8) is 0 Å². The van der Waals surface area contributed by atoms with E-state index in [9.17, 15) is 4.79 Å². The molecular formula is C13H9Cl2N3O2. The maximum atomic E-state index is 11.3. The lowest BCUT2D eigenvalue weighted by Crippen LogP contribution is -2.18. The molecule has 0 atom stereocenters. The maximum Gasteiger partial charge on any atom is 0.242 e. The van der Waals surface area contributed by atoms with Crippen molar-refractivity contribution in [2.24, 2.45) is 0 Å². The SMILES string of the molecule is O=C1CCc2cc(Oc3nc(Cl)ncc3Cl)ccc2N1. The third kappa shape index (κ3) is 2.69. The molecule has 1 N–H and O–H groups in total. The van der Waals surface area contributed by atoms with Crippen molar-refractivity contribution in [2.45, 2.75) is 12.8 Å². The van der Waals surface area contributed by atoms with Gasteiger partial charge < -0.3 is 10.1 Å². The minimum Gasteiger partial charge on any atom is -0.437 e. The first-order valence-electron chi connectivity index (χ1n) is 5.90. The fourth-order valence-electron chi connectivity index (χ4n) is 1.94. The molecule has 3 rings (SSSR count). The van der Waals surface area contributed by atoms with Crippen molar-refractivity contribution in [3.8, 4) is 11.6 Å². The van der Waals surface area contributed by atoms with Crippen molar-refractivity contribution in [1.29, 1.82) is 0 Å². The first-order valence-corrected chi connectivity index (χ1v) is 6.66. The second-order valence-electron chi connectivity index (χ2n) is 4.26. The van der Waals surface area contributed by atoms with Crippen LogP contribution >= 0.6 is 23.2 Å². The van der Waals surface area contributed by atoms with Crippen LogP contribution in [0.25, 0.3) is 0 Å². The van der Waals surface area contributed by atoms with Crippen LogP contribution in [0.2, 0.25) is 10.3 Å². The van der Waals surface area contributed by atoms with E-state index in [4.69, 9.17) is 27.9 Å². The van der Waals surface area contributed by atoms with E-state index in [-0.39, 0.29) is 22.1 Å². The number of amides is 1. The number of benzene rings is 1. The van der Waals surface area contributed by atoms with Crippen LogP contribution in [0.4, 0.5) is 5.69 Å². The molecule has 0 spiro atoms. The Hall–Kier alpha value is -1.85. The molecule has 1 aromatic carbocycles. The lowest BCUT2D eigenvalue weighted by atomic mass is 10.0. The van der Waals surface area contributed by atoms with Crippen molar-refractivity contribution in [1.82, 2.24) is 9.97 Å². The van der Waals surface area contributed by atoms with Gasteiger partial charge in [0.25, 0.3) is 0 Å². The van der Waals surface area contributed by atoms with Crippen molar-refractivity contribution in [2.75, 3.05) is 5.32 Å². The minimum absolute atomic E-state index is 0.0248. The molecule has 7 heteroatoms. The van der Waals surface area contributed by atoms with E-state index in [1.165, 1.54) is 6.20 Å². The number of carbonyl (C=O) groups excluding carboxylic acids is 1. The van der Waals surface area contributed by atoms with Crippen LogP contribution in [0.1, 0.15) is 12.0 Å². The Morgan fingerprint density at radius 3 is 2.95 bits per heavy atom. The van der Waals surface area contributed by atoms with Crippen LogP contribution in [-0.4, -0.2) is 15.9 Å². The zero-order chi connectivity index (χ0) is 14.1. The molecule has 0 fully saturated rings. The number of rotatable bonds is 2. The number of nitrogens with zero attached hydrogens (tertiary/aromatic N) is 2. The third-order valence-corrected chi connectivity index (χ3v) is 3.31. The topological polar surface area (TPSA) is 64.1 Å². The molecule has 1 amide bonds. The number of ether oxygens (including phenoxy) is 1. The average molecular weight is 310 g/mol. The van der Waals surface area contributed by atoms with Crippen LogP contribution in [0.5, 0.6) is 11.6 Å². The zero-order valence-corrected chi connectivity index (χ0v) is 11.7. The molecule has 1 aliphatic heterocycles. The molecule has 0 saturated heterocycles. The van der Waals surface area contributed by atoms with Gasteiger partial charge in [-0.3, -0.25) is 4.79 Å². The van der Waals surface area contributed by atoms with Gasteiger partial charge in [0.15, 0.2) is 0 Å². The molecule has 0 unspecified atom stereocenters. The van der Waals surface area contributed by atoms with E-state index in [2.05, 4.69) is 15.3 Å². The van der Waals surface area contributed by atoms with Gasteiger partial charge in [0.2, 0.25) is 17.1 Å². The van der Waals surface area contributed by atoms with Crippen molar-refractivity contribution >= 4 is 34.8 Å². The summed E-state index contributed by atoms with van der Waals surface area (Å²) < 4.78 is 5.60. The Bertz CT molecular complexity index is 691. The Balaban J connectivity index is 1.88. The monoisotopic (exact) mass is 309 g/mol. The number of halogens is 2. The first-order chi connectivity index (χ1) is 9.61. The highest BCUT2D eigenvalue weighted by Crippen LogP contribution is 2.31. The minimum atomic E-state index is 0.0248. The predicted molar refractivity (Wildman–Crippen MR) is 75.5 cm³/mol. The molecule has 5 nitrogen and oxygen atoms in total. The van der Waals surface area contributed by atoms with E-state index in [0.29, 0.717) is 18.6 Å². The van der Waals surface area contributed by atoms with E-state index >= 15 is 0 Å². The summed E-state index contributed by atoms with van der Waals surface area (Å²) in [5, 5.41) is 3.15. The Morgan fingerprint density at radius 1 is 1.25 bits per heavy atom. The summed E-state index contributed by atoms with van der Waals surface area (Å²) in [4.78, 5) is 19.0. The summed E-state index contributed by atoms with van der Waals surface area (Å²) in [6.45, 7) is 0. The number of nitrogens with one attached hydrogen (secondary N) is 1. The standard InChI is InChI=1S/C13H9Cl2N3O2/c14-9-6-16-13(15)18-12(9)20-8-2-3-10-7(5-8)1-4-11(19)17-10/h2-3,5-6H,1,4H2,(H,17,19). The van der Waals surface area contributed by atoms with Gasteiger partial charge >= 0.3 is 0 Å². The molecule has 0 aliphatic carbocycles. The van der Waals surface area contributed by atoms with Crippen molar-refractivity contribution < 1.29 is 9.53 Å². The van der Waals surface area contributed by atoms with Crippen molar-refractivity contribution in [3.05, 3.63) is 40.3 Å². The van der Waals surface area contributed by atoms with E-state index < -0.39 is 0 Å². The van der Waals surface area contributed by atoms with Gasteiger partial charge in [-0.1, -0.05) is 11.6 Å². The Labute approximate surface area is 124 Å². The number of aryl methyl sites for hydroxylation is 1. The number of hydrogen-bond acceptors (Lipinski definition) is 4. The fourth-order valence-corrected chi connectivity index (χ4v) is 2.19. The van der Waals surface area contributed by atoms with Gasteiger partial charge in [-0.25, -0.2) is 4.98 Å². The molecule has 0 saturated carbocycles. The summed E-state index contributed by atoms with van der Waals surface area (Å²) in [5.41, 5.74) is 1.82. The van der Waals surface area contributed by atoms with Gasteiger partial charge in [-0.15, -0.1) is 0 Å². The molecular weight excluding hydrogens is 301 g/mol. The maximum absolute atomic E-state index is 11.3. The summed E-state index contributed by atoms with van der Waals surface area (Å²) >= 11 is 11.6. The third-order valence-electron chi connectivity index (χ3n) is 2.87. The van der Waals surface area contributed by atoms with Crippen LogP contribution in [0.15, 0.2) is 24.4 Å². The number of carbonyl (C=O) groups is 1. The highest BCUT2D eigenvalue weighted by Gasteiger charge is 2.16. The van der Waals surface area contributed by atoms with Gasteiger partial charge in [-0.2, -0.15) is 4.98 Å². The number of hydrogen-bond donors (Lipinski definition) is 1. The summed E-state index contributed by atoms with van der Waals surface area (Å²) in [5.74, 6) is 0.805. The van der Waals surface area contributed by atoms with E-state index in [1.54, 1.807) is 12.1 Å². The first kappa shape index (κ1) is 13.1.